The summed E-state index contributed by atoms with van der Waals surface area (Å²) >= 11 is 0. The Morgan fingerprint density at radius 2 is 1.62 bits per heavy atom. The Labute approximate surface area is 227 Å². The largest absolute Gasteiger partial charge is 0.445 e. The summed E-state index contributed by atoms with van der Waals surface area (Å²) in [6, 6.07) is 21.5. The monoisotopic (exact) mass is 527 g/mol. The summed E-state index contributed by atoms with van der Waals surface area (Å²) in [5.41, 5.74) is 3.69. The number of carbonyl (C=O) groups is 2. The highest BCUT2D eigenvalue weighted by Crippen LogP contribution is 2.32. The number of fused-ring (bicyclic) bond motifs is 1. The molecule has 4 aromatic rings. The number of esters is 1. The molecule has 4 rings (SSSR count). The first-order valence-electron chi connectivity index (χ1n) is 13.2. The molecule has 0 aliphatic heterocycles. The predicted octanol–water partition coefficient (Wildman–Crippen LogP) is 6.39. The van der Waals surface area contributed by atoms with Gasteiger partial charge in [0.05, 0.1) is 5.39 Å². The number of nitrogens with one attached hydrogen (secondary N) is 1. The molecule has 0 saturated carbocycles. The lowest BCUT2D eigenvalue weighted by Crippen LogP contribution is -2.43. The topological polar surface area (TPSA) is 94.8 Å². The maximum absolute atomic E-state index is 13.4. The van der Waals surface area contributed by atoms with E-state index in [1.165, 1.54) is 0 Å². The number of rotatable bonds is 10. The van der Waals surface area contributed by atoms with Crippen LogP contribution in [0.25, 0.3) is 11.0 Å². The zero-order valence-electron chi connectivity index (χ0n) is 22.5. The Bertz CT molecular complexity index is 1490. The zero-order valence-corrected chi connectivity index (χ0v) is 22.5. The van der Waals surface area contributed by atoms with E-state index in [0.717, 1.165) is 23.1 Å². The second-order valence-corrected chi connectivity index (χ2v) is 9.61. The molecule has 0 aliphatic carbocycles. The van der Waals surface area contributed by atoms with Crippen molar-refractivity contribution in [2.24, 2.45) is 0 Å². The van der Waals surface area contributed by atoms with Crippen molar-refractivity contribution < 1.29 is 23.5 Å². The maximum atomic E-state index is 13.4. The summed E-state index contributed by atoms with van der Waals surface area (Å²) in [4.78, 5) is 38.8. The minimum Gasteiger partial charge on any atom is -0.445 e. The SMILES string of the molecule is CCCCC(NC(=O)OCc1ccccc1)C(=O)Oc1cc(C)cc2oc(=O)c(Cc3ccccc3)c(C)c12. The van der Waals surface area contributed by atoms with Crippen LogP contribution in [0.15, 0.2) is 82.0 Å². The molecule has 0 saturated heterocycles. The number of unbranched alkanes of at least 4 members (excludes halogenated alkanes) is 1. The Kier molecular flexibility index (Phi) is 9.15. The van der Waals surface area contributed by atoms with Crippen LogP contribution in [0, 0.1) is 13.8 Å². The van der Waals surface area contributed by atoms with Gasteiger partial charge in [0.1, 0.15) is 24.0 Å². The van der Waals surface area contributed by atoms with E-state index in [1.807, 2.05) is 81.4 Å². The second kappa shape index (κ2) is 12.9. The van der Waals surface area contributed by atoms with Crippen molar-refractivity contribution in [3.63, 3.8) is 0 Å². The first kappa shape index (κ1) is 27.6. The lowest BCUT2D eigenvalue weighted by Gasteiger charge is -2.19. The number of alkyl carbamates (subject to hydrolysis) is 1. The van der Waals surface area contributed by atoms with Crippen LogP contribution < -0.4 is 15.7 Å². The van der Waals surface area contributed by atoms with Crippen LogP contribution >= 0.6 is 0 Å². The van der Waals surface area contributed by atoms with Gasteiger partial charge >= 0.3 is 17.7 Å². The van der Waals surface area contributed by atoms with Crippen LogP contribution in [0.2, 0.25) is 0 Å². The lowest BCUT2D eigenvalue weighted by atomic mass is 9.98. The molecule has 0 fully saturated rings. The normalized spacial score (nSPS) is 11.7. The van der Waals surface area contributed by atoms with Crippen LogP contribution in [-0.2, 0) is 22.6 Å². The van der Waals surface area contributed by atoms with Gasteiger partial charge in [-0.1, -0.05) is 80.4 Å². The third-order valence-electron chi connectivity index (χ3n) is 6.56. The van der Waals surface area contributed by atoms with Crippen molar-refractivity contribution >= 4 is 23.0 Å². The van der Waals surface area contributed by atoms with E-state index in [2.05, 4.69) is 5.32 Å². The van der Waals surface area contributed by atoms with E-state index in [9.17, 15) is 14.4 Å². The third kappa shape index (κ3) is 7.13. The highest BCUT2D eigenvalue weighted by Gasteiger charge is 2.25. The fourth-order valence-electron chi connectivity index (χ4n) is 4.47. The van der Waals surface area contributed by atoms with E-state index >= 15 is 0 Å². The fraction of sp³-hybridized carbons (Fsp3) is 0.281. The summed E-state index contributed by atoms with van der Waals surface area (Å²) in [5.74, 6) is -0.325. The summed E-state index contributed by atoms with van der Waals surface area (Å²) < 4.78 is 16.9. The van der Waals surface area contributed by atoms with E-state index in [1.54, 1.807) is 12.1 Å². The molecule has 3 aromatic carbocycles. The number of amides is 1. The quantitative estimate of drug-likeness (QED) is 0.146. The van der Waals surface area contributed by atoms with Crippen molar-refractivity contribution in [1.29, 1.82) is 0 Å². The number of hydrogen-bond acceptors (Lipinski definition) is 6. The van der Waals surface area contributed by atoms with Crippen LogP contribution in [0.4, 0.5) is 4.79 Å². The van der Waals surface area contributed by atoms with Crippen molar-refractivity contribution in [3.8, 4) is 5.75 Å². The Balaban J connectivity index is 1.59. The Morgan fingerprint density at radius 3 is 2.28 bits per heavy atom. The summed E-state index contributed by atoms with van der Waals surface area (Å²) in [7, 11) is 0. The molecule has 7 heteroatoms. The molecule has 0 spiro atoms. The summed E-state index contributed by atoms with van der Waals surface area (Å²) in [6.07, 6.45) is 1.64. The maximum Gasteiger partial charge on any atom is 0.408 e. The molecule has 1 amide bonds. The van der Waals surface area contributed by atoms with E-state index < -0.39 is 23.7 Å². The van der Waals surface area contributed by atoms with Gasteiger partial charge in [-0.3, -0.25) is 0 Å². The minimum absolute atomic E-state index is 0.0904. The molecule has 1 N–H and O–H groups in total. The van der Waals surface area contributed by atoms with Crippen LogP contribution in [0.5, 0.6) is 5.75 Å². The standard InChI is InChI=1S/C32H33NO6/c1-4-5-16-26(33-32(36)37-20-24-14-10-7-11-15-24)31(35)39-28-18-21(2)17-27-29(28)22(3)25(30(34)38-27)19-23-12-8-6-9-13-23/h6-15,17-18,26H,4-5,16,19-20H2,1-3H3,(H,33,36). The molecule has 1 atom stereocenters. The Hall–Kier alpha value is -4.39. The highest BCUT2D eigenvalue weighted by molar-refractivity contribution is 5.92. The molecular weight excluding hydrogens is 494 g/mol. The van der Waals surface area contributed by atoms with Crippen molar-refractivity contribution in [1.82, 2.24) is 5.32 Å². The van der Waals surface area contributed by atoms with Gasteiger partial charge in [-0.15, -0.1) is 0 Å². The average molecular weight is 528 g/mol. The summed E-state index contributed by atoms with van der Waals surface area (Å²) in [5, 5.41) is 3.22. The van der Waals surface area contributed by atoms with Crippen LogP contribution in [-0.4, -0.2) is 18.1 Å². The molecule has 0 aliphatic rings. The summed E-state index contributed by atoms with van der Waals surface area (Å²) in [6.45, 7) is 5.76. The van der Waals surface area contributed by atoms with E-state index in [-0.39, 0.29) is 12.4 Å². The van der Waals surface area contributed by atoms with Gasteiger partial charge in [0.15, 0.2) is 0 Å². The zero-order chi connectivity index (χ0) is 27.8. The Morgan fingerprint density at radius 1 is 0.949 bits per heavy atom. The van der Waals surface area contributed by atoms with Gasteiger partial charge in [-0.05, 0) is 54.7 Å². The number of carbonyl (C=O) groups excluding carboxylic acids is 2. The van der Waals surface area contributed by atoms with E-state index in [0.29, 0.717) is 41.4 Å². The number of ether oxygens (including phenoxy) is 2. The van der Waals surface area contributed by atoms with Crippen molar-refractivity contribution in [3.05, 3.63) is 111 Å². The molecule has 7 nitrogen and oxygen atoms in total. The number of benzene rings is 3. The van der Waals surface area contributed by atoms with Crippen LogP contribution in [0.3, 0.4) is 0 Å². The molecule has 0 bridgehead atoms. The van der Waals surface area contributed by atoms with E-state index in [4.69, 9.17) is 13.9 Å². The molecule has 1 heterocycles. The van der Waals surface area contributed by atoms with Gasteiger partial charge in [0.2, 0.25) is 0 Å². The number of aryl methyl sites for hydroxylation is 2. The van der Waals surface area contributed by atoms with Gasteiger partial charge in [0.25, 0.3) is 0 Å². The number of hydrogen-bond donors (Lipinski definition) is 1. The molecular formula is C32H33NO6. The van der Waals surface area contributed by atoms with Gasteiger partial charge in [-0.2, -0.15) is 0 Å². The second-order valence-electron chi connectivity index (χ2n) is 9.61. The van der Waals surface area contributed by atoms with Crippen molar-refractivity contribution in [2.75, 3.05) is 0 Å². The molecule has 0 radical (unpaired) electrons. The molecule has 39 heavy (non-hydrogen) atoms. The van der Waals surface area contributed by atoms with Gasteiger partial charge < -0.3 is 19.2 Å². The van der Waals surface area contributed by atoms with Gasteiger partial charge in [0, 0.05) is 12.0 Å². The molecule has 1 unspecified atom stereocenters. The fourth-order valence-corrected chi connectivity index (χ4v) is 4.47. The van der Waals surface area contributed by atoms with Crippen molar-refractivity contribution in [2.45, 2.75) is 59.1 Å². The van der Waals surface area contributed by atoms with Gasteiger partial charge in [-0.25, -0.2) is 14.4 Å². The third-order valence-corrected chi connectivity index (χ3v) is 6.56. The first-order chi connectivity index (χ1) is 18.9. The predicted molar refractivity (Wildman–Crippen MR) is 150 cm³/mol. The average Bonchev–Trinajstić information content (AvgIpc) is 2.92. The minimum atomic E-state index is -0.899. The molecule has 1 aromatic heterocycles. The molecule has 202 valence electrons. The smallest absolute Gasteiger partial charge is 0.408 e. The van der Waals surface area contributed by atoms with Crippen LogP contribution in [0.1, 0.15) is 54.0 Å². The highest BCUT2D eigenvalue weighted by atomic mass is 16.6. The first-order valence-corrected chi connectivity index (χ1v) is 13.2. The lowest BCUT2D eigenvalue weighted by molar-refractivity contribution is -0.136.